The Balaban J connectivity index is -0.000000218. The molecule has 0 aliphatic heterocycles. The molecule has 0 saturated heterocycles. The topological polar surface area (TPSA) is 74.6 Å². The van der Waals surface area contributed by atoms with Crippen molar-refractivity contribution >= 4 is 11.9 Å². The first-order chi connectivity index (χ1) is 7.44. The van der Waals surface area contributed by atoms with Crippen LogP contribution < -0.4 is 0 Å². The average molecular weight is 291 g/mol. The molecule has 2 N–H and O–H groups in total. The van der Waals surface area contributed by atoms with Crippen LogP contribution in [0.2, 0.25) is 0 Å². The van der Waals surface area contributed by atoms with E-state index in [4.69, 9.17) is 10.2 Å². The second-order valence-corrected chi connectivity index (χ2v) is 3.70. The predicted octanol–water partition coefficient (Wildman–Crippen LogP) is 3.01. The molecule has 5 heteroatoms. The van der Waals surface area contributed by atoms with Crippen LogP contribution in [0.5, 0.6) is 0 Å². The second kappa shape index (κ2) is 13.5. The van der Waals surface area contributed by atoms with Crippen molar-refractivity contribution in [3.63, 3.8) is 0 Å². The Bertz CT molecular complexity index is 177. The van der Waals surface area contributed by atoms with Crippen LogP contribution in [0, 0.1) is 11.8 Å². The monoisotopic (exact) mass is 290 g/mol. The Hall–Kier alpha value is -0.566. The van der Waals surface area contributed by atoms with Gasteiger partial charge in [0.1, 0.15) is 0 Å². The Labute approximate surface area is 114 Å². The number of hydrogen-bond acceptors (Lipinski definition) is 2. The van der Waals surface area contributed by atoms with Gasteiger partial charge in [-0.1, -0.05) is 27.7 Å². The Morgan fingerprint density at radius 1 is 0.765 bits per heavy atom. The first kappa shape index (κ1) is 21.7. The summed E-state index contributed by atoms with van der Waals surface area (Å²) in [6, 6.07) is 0. The quantitative estimate of drug-likeness (QED) is 0.738. The molecule has 0 rings (SSSR count). The van der Waals surface area contributed by atoms with Gasteiger partial charge in [0.25, 0.3) is 0 Å². The van der Waals surface area contributed by atoms with Crippen LogP contribution in [0.25, 0.3) is 0 Å². The number of hydrogen-bond donors (Lipinski definition) is 2. The first-order valence-corrected chi connectivity index (χ1v) is 5.89. The van der Waals surface area contributed by atoms with Gasteiger partial charge in [-0.2, -0.15) is 0 Å². The van der Waals surface area contributed by atoms with Crippen LogP contribution in [0.1, 0.15) is 53.4 Å². The molecule has 0 fully saturated rings. The summed E-state index contributed by atoms with van der Waals surface area (Å²) in [5, 5.41) is 16.7. The van der Waals surface area contributed by atoms with Crippen molar-refractivity contribution in [3.8, 4) is 0 Å². The third-order valence-electron chi connectivity index (χ3n) is 2.67. The smallest absolute Gasteiger partial charge is 0.306 e. The van der Waals surface area contributed by atoms with Crippen molar-refractivity contribution in [1.82, 2.24) is 0 Å². The fraction of sp³-hybridized carbons (Fsp3) is 0.833. The van der Waals surface area contributed by atoms with Gasteiger partial charge in [0.05, 0.1) is 11.8 Å². The third kappa shape index (κ3) is 11.7. The van der Waals surface area contributed by atoms with Crippen molar-refractivity contribution in [3.05, 3.63) is 0 Å². The van der Waals surface area contributed by atoms with Crippen LogP contribution >= 0.6 is 0 Å². The minimum Gasteiger partial charge on any atom is -0.481 e. The van der Waals surface area contributed by atoms with Crippen LogP contribution in [0.4, 0.5) is 0 Å². The maximum atomic E-state index is 10.2. The fourth-order valence-corrected chi connectivity index (χ4v) is 1.28. The molecule has 0 amide bonds. The SMILES string of the molecule is CCC(CC)C(=O)O.CCC(CC)C(=O)O.[Ni]. The minimum atomic E-state index is -0.671. The number of aliphatic carboxylic acids is 2. The molecule has 0 heterocycles. The van der Waals surface area contributed by atoms with Gasteiger partial charge < -0.3 is 10.2 Å². The first-order valence-electron chi connectivity index (χ1n) is 5.89. The van der Waals surface area contributed by atoms with Gasteiger partial charge in [-0.25, -0.2) is 0 Å². The molecule has 0 aromatic heterocycles. The van der Waals surface area contributed by atoms with Crippen molar-refractivity contribution in [2.45, 2.75) is 53.4 Å². The van der Waals surface area contributed by atoms with E-state index in [1.807, 2.05) is 27.7 Å². The van der Waals surface area contributed by atoms with Crippen LogP contribution in [-0.2, 0) is 26.1 Å². The molecule has 0 aliphatic rings. The molecule has 0 radical (unpaired) electrons. The normalized spacial score (nSPS) is 9.29. The summed E-state index contributed by atoms with van der Waals surface area (Å²) in [6.07, 6.45) is 2.97. The van der Waals surface area contributed by atoms with E-state index in [0.29, 0.717) is 0 Å². The second-order valence-electron chi connectivity index (χ2n) is 3.70. The third-order valence-corrected chi connectivity index (χ3v) is 2.67. The van der Waals surface area contributed by atoms with Gasteiger partial charge in [0.2, 0.25) is 0 Å². The predicted molar refractivity (Wildman–Crippen MR) is 63.4 cm³/mol. The molecule has 106 valence electrons. The molecule has 0 aromatic rings. The van der Waals surface area contributed by atoms with E-state index in [1.54, 1.807) is 0 Å². The summed E-state index contributed by atoms with van der Waals surface area (Å²) >= 11 is 0. The zero-order valence-electron chi connectivity index (χ0n) is 11.0. The van der Waals surface area contributed by atoms with Gasteiger partial charge >= 0.3 is 11.9 Å². The van der Waals surface area contributed by atoms with Gasteiger partial charge in [0, 0.05) is 16.5 Å². The maximum Gasteiger partial charge on any atom is 0.306 e. The van der Waals surface area contributed by atoms with Crippen LogP contribution in [-0.4, -0.2) is 22.2 Å². The zero-order chi connectivity index (χ0) is 13.1. The Morgan fingerprint density at radius 2 is 0.941 bits per heavy atom. The number of carboxylic acid groups (broad SMARTS) is 2. The average Bonchev–Trinajstić information content (AvgIpc) is 2.21. The van der Waals surface area contributed by atoms with Crippen molar-refractivity contribution in [2.24, 2.45) is 11.8 Å². The summed E-state index contributed by atoms with van der Waals surface area (Å²) in [5.41, 5.74) is 0. The standard InChI is InChI=1S/2C6H12O2.Ni/c2*1-3-5(4-2)6(7)8;/h2*5H,3-4H2,1-2H3,(H,7,8);. The summed E-state index contributed by atoms with van der Waals surface area (Å²) in [6.45, 7) is 7.56. The molecule has 4 nitrogen and oxygen atoms in total. The maximum absolute atomic E-state index is 10.2. The molecule has 0 spiro atoms. The molecule has 0 atom stereocenters. The summed E-state index contributed by atoms with van der Waals surface area (Å²) in [4.78, 5) is 20.3. The molecule has 0 bridgehead atoms. The van der Waals surface area contributed by atoms with E-state index >= 15 is 0 Å². The Morgan fingerprint density at radius 3 is 0.941 bits per heavy atom. The molecule has 17 heavy (non-hydrogen) atoms. The van der Waals surface area contributed by atoms with E-state index in [0.717, 1.165) is 25.7 Å². The van der Waals surface area contributed by atoms with E-state index in [9.17, 15) is 9.59 Å². The molecular weight excluding hydrogens is 267 g/mol. The Kier molecular flexibility index (Phi) is 17.2. The molecule has 0 saturated carbocycles. The van der Waals surface area contributed by atoms with Crippen molar-refractivity contribution in [1.29, 1.82) is 0 Å². The molecule has 0 unspecified atom stereocenters. The molecule has 0 aliphatic carbocycles. The van der Waals surface area contributed by atoms with Crippen molar-refractivity contribution in [2.75, 3.05) is 0 Å². The molecule has 0 aromatic carbocycles. The van der Waals surface area contributed by atoms with Crippen molar-refractivity contribution < 1.29 is 36.3 Å². The number of carboxylic acids is 2. The van der Waals surface area contributed by atoms with E-state index < -0.39 is 11.9 Å². The van der Waals surface area contributed by atoms with Gasteiger partial charge in [0.15, 0.2) is 0 Å². The summed E-state index contributed by atoms with van der Waals surface area (Å²) in [7, 11) is 0. The van der Waals surface area contributed by atoms with Gasteiger partial charge in [-0.15, -0.1) is 0 Å². The largest absolute Gasteiger partial charge is 0.481 e. The fourth-order valence-electron chi connectivity index (χ4n) is 1.28. The zero-order valence-corrected chi connectivity index (χ0v) is 12.0. The number of rotatable bonds is 6. The van der Waals surface area contributed by atoms with Gasteiger partial charge in [-0.05, 0) is 25.7 Å². The number of carbonyl (C=O) groups is 2. The van der Waals surface area contributed by atoms with Crippen LogP contribution in [0.15, 0.2) is 0 Å². The van der Waals surface area contributed by atoms with E-state index in [-0.39, 0.29) is 28.3 Å². The van der Waals surface area contributed by atoms with E-state index in [1.165, 1.54) is 0 Å². The minimum absolute atomic E-state index is 0. The summed E-state index contributed by atoms with van der Waals surface area (Å²) in [5.74, 6) is -1.60. The molecular formula is C12H24NiO4. The van der Waals surface area contributed by atoms with Crippen LogP contribution in [0.3, 0.4) is 0 Å². The van der Waals surface area contributed by atoms with Gasteiger partial charge in [-0.3, -0.25) is 9.59 Å². The summed E-state index contributed by atoms with van der Waals surface area (Å²) < 4.78 is 0. The van der Waals surface area contributed by atoms with E-state index in [2.05, 4.69) is 0 Å².